The Balaban J connectivity index is 2.18. The molecule has 2 rings (SSSR count). The van der Waals surface area contributed by atoms with Gasteiger partial charge in [0.1, 0.15) is 0 Å². The summed E-state index contributed by atoms with van der Waals surface area (Å²) in [6, 6.07) is 9.00. The van der Waals surface area contributed by atoms with Gasteiger partial charge in [-0.05, 0) is 43.9 Å². The zero-order valence-corrected chi connectivity index (χ0v) is 12.6. The van der Waals surface area contributed by atoms with Gasteiger partial charge in [0.15, 0.2) is 0 Å². The van der Waals surface area contributed by atoms with Gasteiger partial charge >= 0.3 is 0 Å². The van der Waals surface area contributed by atoms with Crippen molar-refractivity contribution in [3.8, 4) is 0 Å². The van der Waals surface area contributed by atoms with E-state index in [1.54, 1.807) is 0 Å². The fourth-order valence-corrected chi connectivity index (χ4v) is 3.10. The molecule has 3 nitrogen and oxygen atoms in total. The Morgan fingerprint density at radius 2 is 2.21 bits per heavy atom. The molecule has 1 atom stereocenters. The van der Waals surface area contributed by atoms with E-state index >= 15 is 0 Å². The van der Waals surface area contributed by atoms with Crippen molar-refractivity contribution >= 4 is 11.5 Å². The number of benzene rings is 1. The molecule has 0 amide bonds. The lowest BCUT2D eigenvalue weighted by Crippen LogP contribution is -2.19. The largest absolute Gasteiger partial charge is 0.312 e. The molecule has 0 saturated heterocycles. The minimum atomic E-state index is 0.309. The first kappa shape index (κ1) is 14.2. The molecule has 1 aromatic heterocycles. The van der Waals surface area contributed by atoms with Crippen molar-refractivity contribution in [2.45, 2.75) is 39.2 Å². The highest BCUT2D eigenvalue weighted by Crippen LogP contribution is 2.25. The molecule has 1 aromatic carbocycles. The summed E-state index contributed by atoms with van der Waals surface area (Å²) in [6.07, 6.45) is 3.11. The second kappa shape index (κ2) is 6.78. The van der Waals surface area contributed by atoms with Crippen molar-refractivity contribution in [1.82, 2.24) is 14.9 Å². The summed E-state index contributed by atoms with van der Waals surface area (Å²) in [5, 5.41) is 7.66. The SMILES string of the molecule is CCCc1nnsc1C(Cc1cccc(C)c1)NC. The van der Waals surface area contributed by atoms with Gasteiger partial charge in [-0.2, -0.15) is 0 Å². The highest BCUT2D eigenvalue weighted by Gasteiger charge is 2.17. The summed E-state index contributed by atoms with van der Waals surface area (Å²) in [5.41, 5.74) is 3.82. The normalized spacial score (nSPS) is 12.6. The molecule has 1 unspecified atom stereocenters. The Morgan fingerprint density at radius 1 is 1.37 bits per heavy atom. The number of nitrogens with one attached hydrogen (secondary N) is 1. The molecule has 0 fully saturated rings. The van der Waals surface area contributed by atoms with E-state index in [2.05, 4.69) is 53.0 Å². The predicted octanol–water partition coefficient (Wildman–Crippen LogP) is 3.30. The maximum Gasteiger partial charge on any atom is 0.0803 e. The number of rotatable bonds is 6. The summed E-state index contributed by atoms with van der Waals surface area (Å²) < 4.78 is 4.12. The third-order valence-corrected chi connectivity index (χ3v) is 4.14. The number of hydrogen-bond acceptors (Lipinski definition) is 4. The van der Waals surface area contributed by atoms with E-state index in [9.17, 15) is 0 Å². The third kappa shape index (κ3) is 3.61. The van der Waals surface area contributed by atoms with Gasteiger partial charge in [0.2, 0.25) is 0 Å². The summed E-state index contributed by atoms with van der Waals surface area (Å²) in [6.45, 7) is 4.31. The van der Waals surface area contributed by atoms with E-state index in [0.29, 0.717) is 6.04 Å². The molecular weight excluding hydrogens is 254 g/mol. The molecule has 1 heterocycles. The highest BCUT2D eigenvalue weighted by molar-refractivity contribution is 7.05. The van der Waals surface area contributed by atoms with Crippen molar-refractivity contribution in [2.75, 3.05) is 7.05 Å². The second-order valence-corrected chi connectivity index (χ2v) is 5.65. The smallest absolute Gasteiger partial charge is 0.0803 e. The average molecular weight is 275 g/mol. The van der Waals surface area contributed by atoms with Crippen LogP contribution < -0.4 is 5.32 Å². The van der Waals surface area contributed by atoms with Crippen LogP contribution in [-0.2, 0) is 12.8 Å². The Bertz CT molecular complexity index is 522. The van der Waals surface area contributed by atoms with Crippen LogP contribution in [0.2, 0.25) is 0 Å². The Kier molecular flexibility index (Phi) is 5.05. The van der Waals surface area contributed by atoms with E-state index < -0.39 is 0 Å². The molecule has 19 heavy (non-hydrogen) atoms. The monoisotopic (exact) mass is 275 g/mol. The number of aromatic nitrogens is 2. The molecule has 0 bridgehead atoms. The Labute approximate surface area is 119 Å². The first-order valence-corrected chi connectivity index (χ1v) is 7.55. The summed E-state index contributed by atoms with van der Waals surface area (Å²) in [7, 11) is 2.01. The van der Waals surface area contributed by atoms with Gasteiger partial charge in [-0.1, -0.05) is 47.7 Å². The summed E-state index contributed by atoms with van der Waals surface area (Å²) >= 11 is 1.52. The maximum atomic E-state index is 4.26. The van der Waals surface area contributed by atoms with Gasteiger partial charge < -0.3 is 5.32 Å². The molecule has 4 heteroatoms. The average Bonchev–Trinajstić information content (AvgIpc) is 2.85. The van der Waals surface area contributed by atoms with Crippen molar-refractivity contribution in [1.29, 1.82) is 0 Å². The summed E-state index contributed by atoms with van der Waals surface area (Å²) in [4.78, 5) is 1.28. The number of aryl methyl sites for hydroxylation is 2. The van der Waals surface area contributed by atoms with E-state index in [0.717, 1.165) is 25.0 Å². The van der Waals surface area contributed by atoms with E-state index in [1.165, 1.54) is 27.5 Å². The van der Waals surface area contributed by atoms with E-state index in [1.807, 2.05) is 7.05 Å². The molecule has 102 valence electrons. The molecule has 0 aliphatic heterocycles. The topological polar surface area (TPSA) is 37.8 Å². The van der Waals surface area contributed by atoms with Gasteiger partial charge in [0.05, 0.1) is 10.6 Å². The summed E-state index contributed by atoms with van der Waals surface area (Å²) in [5.74, 6) is 0. The molecular formula is C15H21N3S. The minimum Gasteiger partial charge on any atom is -0.312 e. The van der Waals surface area contributed by atoms with Crippen LogP contribution >= 0.6 is 11.5 Å². The molecule has 0 saturated carbocycles. The first-order valence-electron chi connectivity index (χ1n) is 6.78. The number of hydrogen-bond donors (Lipinski definition) is 1. The number of likely N-dealkylation sites (N-methyl/N-ethyl adjacent to an activating group) is 1. The van der Waals surface area contributed by atoms with Crippen LogP contribution in [-0.4, -0.2) is 16.6 Å². The predicted molar refractivity (Wildman–Crippen MR) is 80.6 cm³/mol. The van der Waals surface area contributed by atoms with Crippen molar-refractivity contribution < 1.29 is 0 Å². The molecule has 1 N–H and O–H groups in total. The molecule has 0 aliphatic carbocycles. The first-order chi connectivity index (χ1) is 9.24. The molecule has 2 aromatic rings. The van der Waals surface area contributed by atoms with Crippen LogP contribution in [0.1, 0.15) is 41.1 Å². The molecule has 0 radical (unpaired) electrons. The van der Waals surface area contributed by atoms with Gasteiger partial charge in [-0.15, -0.1) is 5.10 Å². The van der Waals surface area contributed by atoms with Gasteiger partial charge in [0, 0.05) is 6.04 Å². The zero-order valence-electron chi connectivity index (χ0n) is 11.8. The molecule has 0 spiro atoms. The highest BCUT2D eigenvalue weighted by atomic mass is 32.1. The van der Waals surface area contributed by atoms with Gasteiger partial charge in [-0.3, -0.25) is 0 Å². The maximum absolute atomic E-state index is 4.26. The number of nitrogens with zero attached hydrogens (tertiary/aromatic N) is 2. The Hall–Kier alpha value is -1.26. The third-order valence-electron chi connectivity index (χ3n) is 3.26. The van der Waals surface area contributed by atoms with Gasteiger partial charge in [-0.25, -0.2) is 0 Å². The second-order valence-electron chi connectivity index (χ2n) is 4.87. The van der Waals surface area contributed by atoms with Gasteiger partial charge in [0.25, 0.3) is 0 Å². The van der Waals surface area contributed by atoms with Crippen molar-refractivity contribution in [3.05, 3.63) is 46.0 Å². The fraction of sp³-hybridized carbons (Fsp3) is 0.467. The lowest BCUT2D eigenvalue weighted by molar-refractivity contribution is 0.593. The fourth-order valence-electron chi connectivity index (χ4n) is 2.29. The Morgan fingerprint density at radius 3 is 2.89 bits per heavy atom. The van der Waals surface area contributed by atoms with Crippen LogP contribution in [0.25, 0.3) is 0 Å². The minimum absolute atomic E-state index is 0.309. The lowest BCUT2D eigenvalue weighted by atomic mass is 10.0. The quantitative estimate of drug-likeness (QED) is 0.879. The van der Waals surface area contributed by atoms with Crippen molar-refractivity contribution in [2.24, 2.45) is 0 Å². The van der Waals surface area contributed by atoms with Crippen LogP contribution in [0.3, 0.4) is 0 Å². The van der Waals surface area contributed by atoms with Crippen LogP contribution in [0.15, 0.2) is 24.3 Å². The standard InChI is InChI=1S/C15H21N3S/c1-4-6-13-15(19-18-17-13)14(16-3)10-12-8-5-7-11(2)9-12/h5,7-9,14,16H,4,6,10H2,1-3H3. The molecule has 0 aliphatic rings. The van der Waals surface area contributed by atoms with Crippen LogP contribution in [0.5, 0.6) is 0 Å². The lowest BCUT2D eigenvalue weighted by Gasteiger charge is -2.15. The van der Waals surface area contributed by atoms with E-state index in [4.69, 9.17) is 0 Å². The van der Waals surface area contributed by atoms with Crippen molar-refractivity contribution in [3.63, 3.8) is 0 Å². The van der Waals surface area contributed by atoms with Crippen LogP contribution in [0.4, 0.5) is 0 Å². The zero-order chi connectivity index (χ0) is 13.7. The van der Waals surface area contributed by atoms with Crippen LogP contribution in [0, 0.1) is 6.92 Å². The van der Waals surface area contributed by atoms with E-state index in [-0.39, 0.29) is 0 Å².